The second kappa shape index (κ2) is 12.9. The number of phenols is 2. The number of imide groups is 1. The summed E-state index contributed by atoms with van der Waals surface area (Å²) >= 11 is 0. The van der Waals surface area contributed by atoms with Gasteiger partial charge in [0, 0.05) is 24.9 Å². The van der Waals surface area contributed by atoms with Crippen LogP contribution in [0.1, 0.15) is 83.8 Å². The summed E-state index contributed by atoms with van der Waals surface area (Å²) in [7, 11) is -4.03. The van der Waals surface area contributed by atoms with Crippen LogP contribution in [0.25, 0.3) is 0 Å². The molecule has 35 heavy (non-hydrogen) atoms. The lowest BCUT2D eigenvalue weighted by atomic mass is 10.00. The van der Waals surface area contributed by atoms with Crippen LogP contribution < -0.4 is 0 Å². The molecule has 0 bridgehead atoms. The number of allylic oxidation sites excluding steroid dienone is 4. The predicted molar refractivity (Wildman–Crippen MR) is 137 cm³/mol. The molecule has 1 heterocycles. The topological polar surface area (TPSA) is 112 Å². The van der Waals surface area contributed by atoms with E-state index in [0.29, 0.717) is 18.4 Å². The fourth-order valence-corrected chi connectivity index (χ4v) is 5.79. The number of likely N-dealkylation sites (tertiary alicyclic amines) is 1. The quantitative estimate of drug-likeness (QED) is 0.222. The average molecular weight is 506 g/mol. The number of rotatable bonds is 13. The minimum Gasteiger partial charge on any atom is -0.508 e. The van der Waals surface area contributed by atoms with E-state index in [1.54, 1.807) is 0 Å². The molecule has 0 saturated carbocycles. The lowest BCUT2D eigenvalue weighted by Crippen LogP contribution is -2.34. The first-order valence-corrected chi connectivity index (χ1v) is 14.0. The second-order valence-corrected chi connectivity index (χ2v) is 11.5. The molecule has 0 unspecified atom stereocenters. The Kier molecular flexibility index (Phi) is 10.6. The third-order valence-corrected chi connectivity index (χ3v) is 8.06. The Morgan fingerprint density at radius 2 is 1.71 bits per heavy atom. The van der Waals surface area contributed by atoms with Gasteiger partial charge in [-0.15, -0.1) is 0 Å². The normalized spacial score (nSPS) is 14.6. The Morgan fingerprint density at radius 1 is 1.06 bits per heavy atom. The zero-order valence-electron chi connectivity index (χ0n) is 21.4. The highest BCUT2D eigenvalue weighted by Gasteiger charge is 2.32. The summed E-state index contributed by atoms with van der Waals surface area (Å²) < 4.78 is 26.7. The van der Waals surface area contributed by atoms with Crippen molar-refractivity contribution in [2.45, 2.75) is 90.4 Å². The summed E-state index contributed by atoms with van der Waals surface area (Å²) in [6.45, 7) is 7.83. The third kappa shape index (κ3) is 7.95. The highest BCUT2D eigenvalue weighted by atomic mass is 32.2. The van der Waals surface area contributed by atoms with Crippen molar-refractivity contribution in [2.75, 3.05) is 12.3 Å². The number of phenolic OH excluding ortho intramolecular Hbond substituents is 2. The van der Waals surface area contributed by atoms with Crippen molar-refractivity contribution in [3.05, 3.63) is 40.5 Å². The molecule has 1 aliphatic heterocycles. The molecule has 0 aromatic heterocycles. The minimum atomic E-state index is -4.03. The van der Waals surface area contributed by atoms with Gasteiger partial charge in [-0.05, 0) is 64.5 Å². The highest BCUT2D eigenvalue weighted by molar-refractivity contribution is 7.91. The Morgan fingerprint density at radius 3 is 2.31 bits per heavy atom. The lowest BCUT2D eigenvalue weighted by Gasteiger charge is -2.18. The fraction of sp³-hybridized carbons (Fsp3) is 0.556. The number of hydrogen-bond acceptors (Lipinski definition) is 6. The van der Waals surface area contributed by atoms with Gasteiger partial charge in [0.25, 0.3) is 0 Å². The molecule has 7 nitrogen and oxygen atoms in total. The SMILES string of the molecule is CCCCCc1cc(O)c(CC=C(C)CCC=C(C)C)c(O)c1S(=O)(=O)CCN1C(=O)CCC1=O. The highest BCUT2D eigenvalue weighted by Crippen LogP contribution is 2.39. The van der Waals surface area contributed by atoms with Crippen molar-refractivity contribution in [2.24, 2.45) is 0 Å². The molecular formula is C27H39NO6S. The number of amides is 2. The van der Waals surface area contributed by atoms with Crippen LogP contribution in [0.5, 0.6) is 11.5 Å². The molecule has 1 aromatic carbocycles. The summed E-state index contributed by atoms with van der Waals surface area (Å²) in [5, 5.41) is 21.7. The van der Waals surface area contributed by atoms with E-state index in [-0.39, 0.29) is 53.8 Å². The maximum atomic E-state index is 13.4. The molecule has 1 aliphatic rings. The molecule has 2 rings (SSSR count). The van der Waals surface area contributed by atoms with Crippen LogP contribution in [0.15, 0.2) is 34.3 Å². The van der Waals surface area contributed by atoms with Crippen LogP contribution in [-0.2, 0) is 32.3 Å². The molecule has 0 spiro atoms. The van der Waals surface area contributed by atoms with Gasteiger partial charge < -0.3 is 10.2 Å². The molecule has 1 aromatic rings. The van der Waals surface area contributed by atoms with E-state index in [9.17, 15) is 28.2 Å². The molecule has 8 heteroatoms. The Balaban J connectivity index is 2.37. The standard InChI is InChI=1S/C27H39NO6S/c1-5-6-7-11-21-18-23(29)22(13-12-20(4)10-8-9-19(2)3)26(32)27(21)35(33,34)17-16-28-24(30)14-15-25(28)31/h9,12,18,29,32H,5-8,10-11,13-17H2,1-4H3. The molecule has 0 atom stereocenters. The third-order valence-electron chi connectivity index (χ3n) is 6.26. The van der Waals surface area contributed by atoms with Gasteiger partial charge in [0.05, 0.1) is 5.75 Å². The van der Waals surface area contributed by atoms with E-state index in [2.05, 4.69) is 6.08 Å². The summed E-state index contributed by atoms with van der Waals surface area (Å²) in [5.41, 5.74) is 2.83. The summed E-state index contributed by atoms with van der Waals surface area (Å²) in [6, 6.07) is 1.44. The van der Waals surface area contributed by atoms with Crippen LogP contribution in [0.4, 0.5) is 0 Å². The van der Waals surface area contributed by atoms with Crippen LogP contribution in [-0.4, -0.2) is 47.6 Å². The first kappa shape index (κ1) is 28.6. The van der Waals surface area contributed by atoms with E-state index in [1.165, 1.54) is 11.6 Å². The van der Waals surface area contributed by atoms with Gasteiger partial charge >= 0.3 is 0 Å². The van der Waals surface area contributed by atoms with Crippen molar-refractivity contribution in [1.82, 2.24) is 4.90 Å². The first-order valence-electron chi connectivity index (χ1n) is 12.4. The number of carbonyl (C=O) groups excluding carboxylic acids is 2. The van der Waals surface area contributed by atoms with Gasteiger partial charge in [0.1, 0.15) is 16.4 Å². The molecule has 0 aliphatic carbocycles. The van der Waals surface area contributed by atoms with Crippen molar-refractivity contribution in [1.29, 1.82) is 0 Å². The fourth-order valence-electron chi connectivity index (χ4n) is 4.18. The van der Waals surface area contributed by atoms with Gasteiger partial charge in [0.15, 0.2) is 9.84 Å². The minimum absolute atomic E-state index is 0.0923. The second-order valence-electron chi connectivity index (χ2n) is 9.50. The number of hydrogen-bond donors (Lipinski definition) is 2. The van der Waals surface area contributed by atoms with E-state index in [1.807, 2.05) is 33.8 Å². The van der Waals surface area contributed by atoms with E-state index in [0.717, 1.165) is 36.2 Å². The van der Waals surface area contributed by atoms with E-state index >= 15 is 0 Å². The number of aromatic hydroxyl groups is 2. The Bertz CT molecular complexity index is 1080. The number of benzene rings is 1. The monoisotopic (exact) mass is 505 g/mol. The van der Waals surface area contributed by atoms with Crippen LogP contribution in [0.2, 0.25) is 0 Å². The molecule has 2 N–H and O–H groups in total. The number of carbonyl (C=O) groups is 2. The van der Waals surface area contributed by atoms with Crippen LogP contribution >= 0.6 is 0 Å². The van der Waals surface area contributed by atoms with Crippen LogP contribution in [0.3, 0.4) is 0 Å². The number of aryl methyl sites for hydroxylation is 1. The van der Waals surface area contributed by atoms with E-state index < -0.39 is 21.3 Å². The maximum absolute atomic E-state index is 13.4. The van der Waals surface area contributed by atoms with Gasteiger partial charge in [-0.3, -0.25) is 14.5 Å². The van der Waals surface area contributed by atoms with Crippen molar-refractivity contribution in [3.8, 4) is 11.5 Å². The lowest BCUT2D eigenvalue weighted by molar-refractivity contribution is -0.137. The zero-order valence-corrected chi connectivity index (χ0v) is 22.2. The Hall–Kier alpha value is -2.61. The van der Waals surface area contributed by atoms with Crippen molar-refractivity contribution >= 4 is 21.7 Å². The van der Waals surface area contributed by atoms with Gasteiger partial charge in [0.2, 0.25) is 11.8 Å². The zero-order chi connectivity index (χ0) is 26.2. The molecule has 0 radical (unpaired) electrons. The summed E-state index contributed by atoms with van der Waals surface area (Å²) in [6.07, 6.45) is 9.04. The smallest absolute Gasteiger partial charge is 0.229 e. The first-order chi connectivity index (χ1) is 16.5. The molecule has 1 saturated heterocycles. The number of nitrogens with zero attached hydrogens (tertiary/aromatic N) is 1. The molecular weight excluding hydrogens is 466 g/mol. The largest absolute Gasteiger partial charge is 0.508 e. The Labute approximate surface area is 209 Å². The number of sulfone groups is 1. The van der Waals surface area contributed by atoms with E-state index in [4.69, 9.17) is 0 Å². The molecule has 194 valence electrons. The van der Waals surface area contributed by atoms with Crippen molar-refractivity contribution in [3.63, 3.8) is 0 Å². The van der Waals surface area contributed by atoms with Crippen LogP contribution in [0, 0.1) is 0 Å². The maximum Gasteiger partial charge on any atom is 0.229 e. The summed E-state index contributed by atoms with van der Waals surface area (Å²) in [4.78, 5) is 24.6. The molecule has 2 amide bonds. The van der Waals surface area contributed by atoms with Gasteiger partial charge in [-0.2, -0.15) is 0 Å². The predicted octanol–water partition coefficient (Wildman–Crippen LogP) is 4.99. The van der Waals surface area contributed by atoms with Crippen molar-refractivity contribution < 1.29 is 28.2 Å². The van der Waals surface area contributed by atoms with Gasteiger partial charge in [-0.25, -0.2) is 8.42 Å². The molecule has 1 fully saturated rings. The average Bonchev–Trinajstić information content (AvgIpc) is 3.09. The summed E-state index contributed by atoms with van der Waals surface area (Å²) in [5.74, 6) is -1.80. The number of unbranched alkanes of at least 4 members (excludes halogenated alkanes) is 2. The van der Waals surface area contributed by atoms with Gasteiger partial charge in [-0.1, -0.05) is 43.1 Å².